The van der Waals surface area contributed by atoms with Gasteiger partial charge in [-0.2, -0.15) is 0 Å². The van der Waals surface area contributed by atoms with Crippen molar-refractivity contribution in [3.8, 4) is 0 Å². The van der Waals surface area contributed by atoms with Crippen LogP contribution in [0.1, 0.15) is 32.3 Å². The standard InChI is InChI=1S/C15H23N/c1-15(2,14-8-10-16-11-9-14)12-13-6-4-3-5-7-13/h3-7,14,16H,8-12H2,1-2H3. The van der Waals surface area contributed by atoms with Crippen molar-refractivity contribution in [2.45, 2.75) is 33.1 Å². The van der Waals surface area contributed by atoms with E-state index in [9.17, 15) is 0 Å². The molecule has 0 atom stereocenters. The third kappa shape index (κ3) is 2.85. The van der Waals surface area contributed by atoms with Crippen LogP contribution >= 0.6 is 0 Å². The zero-order valence-corrected chi connectivity index (χ0v) is 10.5. The van der Waals surface area contributed by atoms with Gasteiger partial charge in [-0.1, -0.05) is 44.2 Å². The maximum Gasteiger partial charge on any atom is -0.00461 e. The van der Waals surface area contributed by atoms with Crippen molar-refractivity contribution in [2.24, 2.45) is 11.3 Å². The molecule has 2 rings (SSSR count). The predicted molar refractivity (Wildman–Crippen MR) is 69.5 cm³/mol. The molecule has 0 spiro atoms. The van der Waals surface area contributed by atoms with Crippen molar-refractivity contribution in [1.82, 2.24) is 5.32 Å². The number of hydrogen-bond acceptors (Lipinski definition) is 1. The Morgan fingerprint density at radius 3 is 2.38 bits per heavy atom. The second-order valence-electron chi connectivity index (χ2n) is 5.68. The zero-order valence-electron chi connectivity index (χ0n) is 10.5. The molecule has 1 aromatic rings. The highest BCUT2D eigenvalue weighted by Gasteiger charge is 2.30. The van der Waals surface area contributed by atoms with E-state index in [1.807, 2.05) is 0 Å². The molecule has 0 saturated carbocycles. The van der Waals surface area contributed by atoms with Gasteiger partial charge in [-0.25, -0.2) is 0 Å². The molecule has 1 fully saturated rings. The van der Waals surface area contributed by atoms with E-state index in [2.05, 4.69) is 49.5 Å². The third-order valence-electron chi connectivity index (χ3n) is 3.95. The fraction of sp³-hybridized carbons (Fsp3) is 0.600. The van der Waals surface area contributed by atoms with E-state index in [0.29, 0.717) is 5.41 Å². The van der Waals surface area contributed by atoms with E-state index >= 15 is 0 Å². The van der Waals surface area contributed by atoms with Gasteiger partial charge >= 0.3 is 0 Å². The molecule has 1 aliphatic heterocycles. The van der Waals surface area contributed by atoms with Gasteiger partial charge in [-0.3, -0.25) is 0 Å². The lowest BCUT2D eigenvalue weighted by Crippen LogP contribution is -2.36. The number of benzene rings is 1. The van der Waals surface area contributed by atoms with Gasteiger partial charge in [-0.15, -0.1) is 0 Å². The lowest BCUT2D eigenvalue weighted by molar-refractivity contribution is 0.165. The first-order valence-electron chi connectivity index (χ1n) is 6.43. The molecule has 1 N–H and O–H groups in total. The van der Waals surface area contributed by atoms with Crippen molar-refractivity contribution in [2.75, 3.05) is 13.1 Å². The SMILES string of the molecule is CC(C)(Cc1ccccc1)C1CCNCC1. The summed E-state index contributed by atoms with van der Waals surface area (Å²) in [6.45, 7) is 7.25. The van der Waals surface area contributed by atoms with Gasteiger partial charge in [-0.05, 0) is 49.2 Å². The Morgan fingerprint density at radius 1 is 1.12 bits per heavy atom. The molecule has 88 valence electrons. The Morgan fingerprint density at radius 2 is 1.75 bits per heavy atom. The summed E-state index contributed by atoms with van der Waals surface area (Å²) in [4.78, 5) is 0. The fourth-order valence-corrected chi connectivity index (χ4v) is 2.87. The van der Waals surface area contributed by atoms with E-state index < -0.39 is 0 Å². The van der Waals surface area contributed by atoms with E-state index in [4.69, 9.17) is 0 Å². The first-order chi connectivity index (χ1) is 7.68. The second kappa shape index (κ2) is 5.01. The van der Waals surface area contributed by atoms with Crippen molar-refractivity contribution in [3.05, 3.63) is 35.9 Å². The maximum atomic E-state index is 3.45. The highest BCUT2D eigenvalue weighted by molar-refractivity contribution is 5.16. The molecule has 1 saturated heterocycles. The Balaban J connectivity index is 2.01. The molecule has 1 aromatic carbocycles. The topological polar surface area (TPSA) is 12.0 Å². The summed E-state index contributed by atoms with van der Waals surface area (Å²) in [7, 11) is 0. The van der Waals surface area contributed by atoms with E-state index in [1.54, 1.807) is 0 Å². The van der Waals surface area contributed by atoms with Gasteiger partial charge in [0.15, 0.2) is 0 Å². The first-order valence-corrected chi connectivity index (χ1v) is 6.43. The Bertz CT molecular complexity index is 309. The summed E-state index contributed by atoms with van der Waals surface area (Å²) in [5.41, 5.74) is 1.91. The van der Waals surface area contributed by atoms with Crippen LogP contribution in [0.2, 0.25) is 0 Å². The Labute approximate surface area is 99.3 Å². The van der Waals surface area contributed by atoms with Gasteiger partial charge < -0.3 is 5.32 Å². The zero-order chi connectivity index (χ0) is 11.4. The number of nitrogens with one attached hydrogen (secondary N) is 1. The van der Waals surface area contributed by atoms with Crippen molar-refractivity contribution < 1.29 is 0 Å². The molecule has 1 heterocycles. The van der Waals surface area contributed by atoms with Crippen LogP contribution in [0.3, 0.4) is 0 Å². The monoisotopic (exact) mass is 217 g/mol. The van der Waals surface area contributed by atoms with Crippen LogP contribution in [0.5, 0.6) is 0 Å². The van der Waals surface area contributed by atoms with Crippen LogP contribution in [0.15, 0.2) is 30.3 Å². The molecule has 0 amide bonds. The predicted octanol–water partition coefficient (Wildman–Crippen LogP) is 3.25. The summed E-state index contributed by atoms with van der Waals surface area (Å²) >= 11 is 0. The number of rotatable bonds is 3. The highest BCUT2D eigenvalue weighted by Crippen LogP contribution is 2.36. The minimum Gasteiger partial charge on any atom is -0.317 e. The van der Waals surface area contributed by atoms with E-state index in [-0.39, 0.29) is 0 Å². The minimum absolute atomic E-state index is 0.434. The average molecular weight is 217 g/mol. The van der Waals surface area contributed by atoms with Gasteiger partial charge in [0.25, 0.3) is 0 Å². The van der Waals surface area contributed by atoms with Crippen molar-refractivity contribution in [3.63, 3.8) is 0 Å². The lowest BCUT2D eigenvalue weighted by Gasteiger charge is -2.37. The number of hydrogen-bond donors (Lipinski definition) is 1. The van der Waals surface area contributed by atoms with Crippen LogP contribution < -0.4 is 5.32 Å². The molecular formula is C15H23N. The first kappa shape index (κ1) is 11.7. The summed E-state index contributed by atoms with van der Waals surface area (Å²) < 4.78 is 0. The fourth-order valence-electron chi connectivity index (χ4n) is 2.87. The Hall–Kier alpha value is -0.820. The van der Waals surface area contributed by atoms with E-state index in [1.165, 1.54) is 37.9 Å². The molecule has 0 unspecified atom stereocenters. The van der Waals surface area contributed by atoms with Gasteiger partial charge in [0, 0.05) is 0 Å². The minimum atomic E-state index is 0.434. The largest absolute Gasteiger partial charge is 0.317 e. The van der Waals surface area contributed by atoms with Gasteiger partial charge in [0.1, 0.15) is 0 Å². The molecular weight excluding hydrogens is 194 g/mol. The Kier molecular flexibility index (Phi) is 3.65. The molecule has 16 heavy (non-hydrogen) atoms. The normalized spacial score (nSPS) is 18.6. The molecule has 0 bridgehead atoms. The molecule has 1 nitrogen and oxygen atoms in total. The number of piperidine rings is 1. The van der Waals surface area contributed by atoms with Crippen molar-refractivity contribution >= 4 is 0 Å². The second-order valence-corrected chi connectivity index (χ2v) is 5.68. The quantitative estimate of drug-likeness (QED) is 0.819. The molecule has 1 heteroatoms. The van der Waals surface area contributed by atoms with Gasteiger partial charge in [0.05, 0.1) is 0 Å². The lowest BCUT2D eigenvalue weighted by atomic mass is 9.70. The summed E-state index contributed by atoms with van der Waals surface area (Å²) in [6.07, 6.45) is 3.87. The van der Waals surface area contributed by atoms with Crippen LogP contribution in [-0.2, 0) is 6.42 Å². The van der Waals surface area contributed by atoms with Gasteiger partial charge in [0.2, 0.25) is 0 Å². The van der Waals surface area contributed by atoms with Crippen LogP contribution in [-0.4, -0.2) is 13.1 Å². The molecule has 1 aliphatic rings. The maximum absolute atomic E-state index is 3.45. The summed E-state index contributed by atoms with van der Waals surface area (Å²) in [5.74, 6) is 0.869. The molecule has 0 radical (unpaired) electrons. The molecule has 0 aliphatic carbocycles. The van der Waals surface area contributed by atoms with E-state index in [0.717, 1.165) is 5.92 Å². The summed E-state index contributed by atoms with van der Waals surface area (Å²) in [6, 6.07) is 10.9. The average Bonchev–Trinajstić information content (AvgIpc) is 2.31. The van der Waals surface area contributed by atoms with Crippen molar-refractivity contribution in [1.29, 1.82) is 0 Å². The smallest absolute Gasteiger partial charge is 0.00461 e. The summed E-state index contributed by atoms with van der Waals surface area (Å²) in [5, 5.41) is 3.45. The highest BCUT2D eigenvalue weighted by atomic mass is 14.9. The van der Waals surface area contributed by atoms with Crippen LogP contribution in [0.25, 0.3) is 0 Å². The van der Waals surface area contributed by atoms with Crippen LogP contribution in [0.4, 0.5) is 0 Å². The van der Waals surface area contributed by atoms with Crippen LogP contribution in [0, 0.1) is 11.3 Å². The third-order valence-corrected chi connectivity index (χ3v) is 3.95. The molecule has 0 aromatic heterocycles.